The van der Waals surface area contributed by atoms with Crippen molar-refractivity contribution in [2.45, 2.75) is 58.0 Å². The predicted octanol–water partition coefficient (Wildman–Crippen LogP) is 6.09. The topological polar surface area (TPSA) is 49.4 Å². The highest BCUT2D eigenvalue weighted by Crippen LogP contribution is 2.27. The Bertz CT molecular complexity index is 891. The standard InChI is InChI=1S/C24H29Cl2FN2O2S/c1-4-16(3)28-24(31)22(5-2)29(13-19-20(25)7-6-8-21(19)26)23(30)15-32-14-17-9-11-18(27)12-10-17/h6-12,16,22H,4-5,13-15H2,1-3H3,(H,28,31). The molecule has 2 aromatic carbocycles. The summed E-state index contributed by atoms with van der Waals surface area (Å²) >= 11 is 14.1. The summed E-state index contributed by atoms with van der Waals surface area (Å²) in [6.45, 7) is 5.94. The molecule has 0 radical (unpaired) electrons. The number of hydrogen-bond donors (Lipinski definition) is 1. The molecule has 0 saturated heterocycles. The summed E-state index contributed by atoms with van der Waals surface area (Å²) in [5.74, 6) is 0.0617. The minimum atomic E-state index is -0.643. The van der Waals surface area contributed by atoms with Gasteiger partial charge in [0, 0.05) is 33.9 Å². The van der Waals surface area contributed by atoms with Crippen LogP contribution < -0.4 is 5.32 Å². The molecule has 0 aromatic heterocycles. The van der Waals surface area contributed by atoms with Crippen molar-refractivity contribution in [2.75, 3.05) is 5.75 Å². The first-order valence-corrected chi connectivity index (χ1v) is 12.5. The summed E-state index contributed by atoms with van der Waals surface area (Å²) in [5, 5.41) is 3.88. The zero-order valence-corrected chi connectivity index (χ0v) is 20.9. The van der Waals surface area contributed by atoms with E-state index in [1.807, 2.05) is 20.8 Å². The minimum absolute atomic E-state index is 0.00487. The Morgan fingerprint density at radius 1 is 1.06 bits per heavy atom. The van der Waals surface area contributed by atoms with Crippen molar-refractivity contribution in [1.82, 2.24) is 10.2 Å². The highest BCUT2D eigenvalue weighted by Gasteiger charge is 2.30. The van der Waals surface area contributed by atoms with Crippen molar-refractivity contribution in [3.63, 3.8) is 0 Å². The quantitative estimate of drug-likeness (QED) is 0.407. The van der Waals surface area contributed by atoms with Crippen LogP contribution in [-0.4, -0.2) is 34.6 Å². The zero-order chi connectivity index (χ0) is 23.7. The van der Waals surface area contributed by atoms with Gasteiger partial charge in [-0.15, -0.1) is 11.8 Å². The maximum absolute atomic E-state index is 13.3. The average molecular weight is 499 g/mol. The third kappa shape index (κ3) is 7.68. The van der Waals surface area contributed by atoms with E-state index >= 15 is 0 Å². The van der Waals surface area contributed by atoms with E-state index < -0.39 is 6.04 Å². The van der Waals surface area contributed by atoms with E-state index in [2.05, 4.69) is 5.32 Å². The maximum Gasteiger partial charge on any atom is 0.243 e. The summed E-state index contributed by atoms with van der Waals surface area (Å²) in [6.07, 6.45) is 1.25. The number of nitrogens with zero attached hydrogens (tertiary/aromatic N) is 1. The Morgan fingerprint density at radius 2 is 1.69 bits per heavy atom. The van der Waals surface area contributed by atoms with Gasteiger partial charge in [-0.25, -0.2) is 4.39 Å². The van der Waals surface area contributed by atoms with Crippen molar-refractivity contribution in [3.05, 3.63) is 69.5 Å². The van der Waals surface area contributed by atoms with Gasteiger partial charge in [-0.2, -0.15) is 0 Å². The fourth-order valence-electron chi connectivity index (χ4n) is 3.13. The first-order valence-electron chi connectivity index (χ1n) is 10.6. The number of hydrogen-bond acceptors (Lipinski definition) is 3. The number of amides is 2. The average Bonchev–Trinajstić information content (AvgIpc) is 2.76. The molecule has 174 valence electrons. The first kappa shape index (κ1) is 26.5. The molecule has 0 spiro atoms. The molecule has 0 bridgehead atoms. The molecule has 2 atom stereocenters. The van der Waals surface area contributed by atoms with Crippen molar-refractivity contribution in [2.24, 2.45) is 0 Å². The van der Waals surface area contributed by atoms with Crippen LogP contribution in [0.15, 0.2) is 42.5 Å². The molecule has 0 saturated carbocycles. The second-order valence-corrected chi connectivity index (χ2v) is 9.38. The molecule has 8 heteroatoms. The van der Waals surface area contributed by atoms with E-state index in [1.165, 1.54) is 23.9 Å². The van der Waals surface area contributed by atoms with Gasteiger partial charge in [-0.05, 0) is 49.6 Å². The van der Waals surface area contributed by atoms with Gasteiger partial charge in [-0.3, -0.25) is 9.59 Å². The number of carbonyl (C=O) groups is 2. The van der Waals surface area contributed by atoms with Crippen LogP contribution in [0.2, 0.25) is 10.0 Å². The van der Waals surface area contributed by atoms with Crippen LogP contribution >= 0.6 is 35.0 Å². The number of nitrogens with one attached hydrogen (secondary N) is 1. The molecule has 2 amide bonds. The van der Waals surface area contributed by atoms with Gasteiger partial charge in [-0.1, -0.05) is 55.2 Å². The number of rotatable bonds is 11. The van der Waals surface area contributed by atoms with Gasteiger partial charge >= 0.3 is 0 Å². The summed E-state index contributed by atoms with van der Waals surface area (Å²) in [7, 11) is 0. The van der Waals surface area contributed by atoms with Gasteiger partial charge in [0.2, 0.25) is 11.8 Å². The molecule has 0 fully saturated rings. The molecular weight excluding hydrogens is 470 g/mol. The Hall–Kier alpha value is -1.76. The van der Waals surface area contributed by atoms with E-state index in [4.69, 9.17) is 23.2 Å². The molecule has 2 aromatic rings. The molecule has 2 rings (SSSR count). The summed E-state index contributed by atoms with van der Waals surface area (Å²) < 4.78 is 13.1. The number of benzene rings is 2. The lowest BCUT2D eigenvalue weighted by atomic mass is 10.1. The highest BCUT2D eigenvalue weighted by atomic mass is 35.5. The second-order valence-electron chi connectivity index (χ2n) is 7.58. The van der Waals surface area contributed by atoms with Crippen molar-refractivity contribution >= 4 is 46.8 Å². The predicted molar refractivity (Wildman–Crippen MR) is 132 cm³/mol. The van der Waals surface area contributed by atoms with E-state index in [0.29, 0.717) is 27.8 Å². The number of carbonyl (C=O) groups excluding carboxylic acids is 2. The molecular formula is C24H29Cl2FN2O2S. The smallest absolute Gasteiger partial charge is 0.243 e. The van der Waals surface area contributed by atoms with Crippen molar-refractivity contribution < 1.29 is 14.0 Å². The zero-order valence-electron chi connectivity index (χ0n) is 18.5. The van der Waals surface area contributed by atoms with Gasteiger partial charge in [0.1, 0.15) is 11.9 Å². The number of thioether (sulfide) groups is 1. The monoisotopic (exact) mass is 498 g/mol. The van der Waals surface area contributed by atoms with Crippen LogP contribution in [0, 0.1) is 5.82 Å². The molecule has 0 aliphatic carbocycles. The Labute approximate surface area is 203 Å². The lowest BCUT2D eigenvalue weighted by molar-refractivity contribution is -0.139. The third-order valence-electron chi connectivity index (χ3n) is 5.18. The third-order valence-corrected chi connectivity index (χ3v) is 6.88. The molecule has 2 unspecified atom stereocenters. The minimum Gasteiger partial charge on any atom is -0.352 e. The van der Waals surface area contributed by atoms with Gasteiger partial charge < -0.3 is 10.2 Å². The molecule has 32 heavy (non-hydrogen) atoms. The van der Waals surface area contributed by atoms with Crippen molar-refractivity contribution in [1.29, 1.82) is 0 Å². The fourth-order valence-corrected chi connectivity index (χ4v) is 4.52. The fraction of sp³-hybridized carbons (Fsp3) is 0.417. The highest BCUT2D eigenvalue weighted by molar-refractivity contribution is 7.99. The Morgan fingerprint density at radius 3 is 2.25 bits per heavy atom. The van der Waals surface area contributed by atoms with E-state index in [9.17, 15) is 14.0 Å². The lowest BCUT2D eigenvalue weighted by Gasteiger charge is -2.32. The van der Waals surface area contributed by atoms with Crippen LogP contribution in [0.4, 0.5) is 4.39 Å². The summed E-state index contributed by atoms with van der Waals surface area (Å²) in [6, 6.07) is 10.7. The SMILES string of the molecule is CCC(C)NC(=O)C(CC)N(Cc1c(Cl)cccc1Cl)C(=O)CSCc1ccc(F)cc1. The second kappa shape index (κ2) is 13.1. The Kier molecular flexibility index (Phi) is 10.8. The van der Waals surface area contributed by atoms with Crippen molar-refractivity contribution in [3.8, 4) is 0 Å². The van der Waals surface area contributed by atoms with E-state index in [1.54, 1.807) is 35.2 Å². The lowest BCUT2D eigenvalue weighted by Crippen LogP contribution is -2.51. The summed E-state index contributed by atoms with van der Waals surface area (Å²) in [4.78, 5) is 27.8. The van der Waals surface area contributed by atoms with Crippen LogP contribution in [0.5, 0.6) is 0 Å². The molecule has 0 heterocycles. The maximum atomic E-state index is 13.3. The van der Waals surface area contributed by atoms with Gasteiger partial charge in [0.25, 0.3) is 0 Å². The number of halogens is 3. The Balaban J connectivity index is 2.20. The van der Waals surface area contributed by atoms with E-state index in [0.717, 1.165) is 12.0 Å². The normalized spacial score (nSPS) is 12.8. The first-order chi connectivity index (χ1) is 15.3. The van der Waals surface area contributed by atoms with Crippen LogP contribution in [0.25, 0.3) is 0 Å². The van der Waals surface area contributed by atoms with Gasteiger partial charge in [0.05, 0.1) is 5.75 Å². The molecule has 0 aliphatic rings. The molecule has 0 aliphatic heterocycles. The van der Waals surface area contributed by atoms with Gasteiger partial charge in [0.15, 0.2) is 0 Å². The van der Waals surface area contributed by atoms with Crippen LogP contribution in [0.1, 0.15) is 44.7 Å². The van der Waals surface area contributed by atoms with E-state index in [-0.39, 0.29) is 36.0 Å². The summed E-state index contributed by atoms with van der Waals surface area (Å²) in [5.41, 5.74) is 1.54. The molecule has 1 N–H and O–H groups in total. The largest absolute Gasteiger partial charge is 0.352 e. The van der Waals surface area contributed by atoms with Crippen LogP contribution in [-0.2, 0) is 21.9 Å². The molecule has 4 nitrogen and oxygen atoms in total. The van der Waals surface area contributed by atoms with Crippen LogP contribution in [0.3, 0.4) is 0 Å².